The van der Waals surface area contributed by atoms with Crippen molar-refractivity contribution in [2.75, 3.05) is 13.2 Å². The third-order valence-electron chi connectivity index (χ3n) is 5.50. The summed E-state index contributed by atoms with van der Waals surface area (Å²) in [6.45, 7) is 24.8. The van der Waals surface area contributed by atoms with Crippen LogP contribution in [0.25, 0.3) is 0 Å². The maximum Gasteiger partial charge on any atom is 0.384 e. The van der Waals surface area contributed by atoms with Gasteiger partial charge in [-0.15, -0.1) is 0 Å². The van der Waals surface area contributed by atoms with Crippen molar-refractivity contribution in [1.82, 2.24) is 0 Å². The van der Waals surface area contributed by atoms with Crippen LogP contribution in [0.5, 0.6) is 0 Å². The van der Waals surface area contributed by atoms with Gasteiger partial charge >= 0.3 is 5.97 Å². The molecule has 26 heavy (non-hydrogen) atoms. The van der Waals surface area contributed by atoms with E-state index in [1.807, 2.05) is 0 Å². The number of hydrogen-bond acceptors (Lipinski definition) is 4. The zero-order valence-electron chi connectivity index (χ0n) is 18.8. The molecule has 0 amide bonds. The monoisotopic (exact) mass is 400 g/mol. The van der Waals surface area contributed by atoms with Gasteiger partial charge in [0.05, 0.1) is 6.61 Å². The van der Waals surface area contributed by atoms with Gasteiger partial charge in [-0.3, -0.25) is 0 Å². The van der Waals surface area contributed by atoms with E-state index in [2.05, 4.69) is 79.6 Å². The fourth-order valence-corrected chi connectivity index (χ4v) is 3.94. The first kappa shape index (κ1) is 25.4. The minimum atomic E-state index is -1.99. The molecule has 0 saturated heterocycles. The first-order valence-electron chi connectivity index (χ1n) is 9.53. The Hall–Kier alpha value is -0.616. The van der Waals surface area contributed by atoms with Crippen LogP contribution in [-0.2, 0) is 18.4 Å². The lowest BCUT2D eigenvalue weighted by atomic mass is 10.2. The van der Waals surface area contributed by atoms with Crippen molar-refractivity contribution in [3.63, 3.8) is 0 Å². The van der Waals surface area contributed by atoms with Crippen LogP contribution in [0, 0.1) is 11.8 Å². The summed E-state index contributed by atoms with van der Waals surface area (Å²) in [5, 5.41) is 0.247. The zero-order valence-corrected chi connectivity index (χ0v) is 20.8. The van der Waals surface area contributed by atoms with Crippen molar-refractivity contribution < 1.29 is 18.4 Å². The van der Waals surface area contributed by atoms with Gasteiger partial charge in [-0.2, -0.15) is 0 Å². The van der Waals surface area contributed by atoms with Crippen LogP contribution in [0.2, 0.25) is 36.3 Å². The molecule has 0 fully saturated rings. The molecule has 0 radical (unpaired) electrons. The highest BCUT2D eigenvalue weighted by Gasteiger charge is 2.40. The van der Waals surface area contributed by atoms with Crippen molar-refractivity contribution in [2.24, 2.45) is 0 Å². The maximum atomic E-state index is 11.6. The normalized spacial score (nSPS) is 14.4. The quantitative estimate of drug-likeness (QED) is 0.250. The minimum absolute atomic E-state index is 0.0805. The van der Waals surface area contributed by atoms with E-state index < -0.39 is 22.6 Å². The molecule has 1 unspecified atom stereocenters. The topological polar surface area (TPSA) is 44.8 Å². The van der Waals surface area contributed by atoms with Gasteiger partial charge in [-0.1, -0.05) is 47.5 Å². The highest BCUT2D eigenvalue weighted by Crippen LogP contribution is 2.38. The van der Waals surface area contributed by atoms with Gasteiger partial charge in [0, 0.05) is 18.9 Å². The average molecular weight is 401 g/mol. The second-order valence-corrected chi connectivity index (χ2v) is 19.3. The smallest absolute Gasteiger partial charge is 0.384 e. The molecule has 0 aromatic heterocycles. The third kappa shape index (κ3) is 8.38. The number of rotatable bonds is 7. The summed E-state index contributed by atoms with van der Waals surface area (Å²) in [6.07, 6.45) is 0.343. The highest BCUT2D eigenvalue weighted by molar-refractivity contribution is 6.74. The SMILES string of the molecule is CCOC(=O)C#CC(CCO[Si](C)(C)C(C)(C)C)O[Si](C)(C)C(C)(C)C. The summed E-state index contributed by atoms with van der Waals surface area (Å²) in [6, 6.07) is 0. The van der Waals surface area contributed by atoms with Crippen LogP contribution in [0.15, 0.2) is 0 Å². The molecule has 0 heterocycles. The van der Waals surface area contributed by atoms with Gasteiger partial charge in [-0.05, 0) is 43.2 Å². The second-order valence-electron chi connectivity index (χ2n) is 9.75. The van der Waals surface area contributed by atoms with Gasteiger partial charge in [-0.25, -0.2) is 4.79 Å². The molecule has 0 rings (SSSR count). The van der Waals surface area contributed by atoms with E-state index in [1.54, 1.807) is 6.92 Å². The van der Waals surface area contributed by atoms with Crippen LogP contribution in [0.3, 0.4) is 0 Å². The van der Waals surface area contributed by atoms with Crippen molar-refractivity contribution in [2.45, 2.75) is 97.3 Å². The number of carbonyl (C=O) groups is 1. The molecule has 152 valence electrons. The Labute approximate surface area is 163 Å². The van der Waals surface area contributed by atoms with E-state index in [9.17, 15) is 4.79 Å². The summed E-state index contributed by atoms with van der Waals surface area (Å²) in [5.74, 6) is 5.06. The average Bonchev–Trinajstić information content (AvgIpc) is 2.42. The van der Waals surface area contributed by atoms with Gasteiger partial charge in [0.1, 0.15) is 6.10 Å². The Morgan fingerprint density at radius 2 is 1.46 bits per heavy atom. The first-order valence-corrected chi connectivity index (χ1v) is 15.4. The Balaban J connectivity index is 5.15. The summed E-state index contributed by atoms with van der Waals surface area (Å²) < 4.78 is 17.6. The largest absolute Gasteiger partial charge is 0.456 e. The van der Waals surface area contributed by atoms with Crippen molar-refractivity contribution in [1.29, 1.82) is 0 Å². The molecule has 0 aromatic carbocycles. The lowest BCUT2D eigenvalue weighted by Gasteiger charge is -2.39. The van der Waals surface area contributed by atoms with Gasteiger partial charge < -0.3 is 13.6 Å². The van der Waals surface area contributed by atoms with E-state index in [0.29, 0.717) is 19.6 Å². The Morgan fingerprint density at radius 1 is 0.962 bits per heavy atom. The predicted octanol–water partition coefficient (Wildman–Crippen LogP) is 5.36. The lowest BCUT2D eigenvalue weighted by molar-refractivity contribution is -0.136. The molecular formula is C20H40O4Si2. The van der Waals surface area contributed by atoms with Crippen LogP contribution >= 0.6 is 0 Å². The summed E-state index contributed by atoms with van der Waals surface area (Å²) in [4.78, 5) is 11.6. The van der Waals surface area contributed by atoms with Crippen LogP contribution in [0.1, 0.15) is 54.9 Å². The van der Waals surface area contributed by atoms with Crippen LogP contribution in [-0.4, -0.2) is 41.9 Å². The molecule has 0 aliphatic heterocycles. The number of ether oxygens (including phenoxy) is 1. The molecular weight excluding hydrogens is 360 g/mol. The van der Waals surface area contributed by atoms with E-state index in [-0.39, 0.29) is 16.2 Å². The van der Waals surface area contributed by atoms with E-state index in [0.717, 1.165) is 0 Å². The number of carbonyl (C=O) groups excluding carboxylic acids is 1. The predicted molar refractivity (Wildman–Crippen MR) is 114 cm³/mol. The second kappa shape index (κ2) is 9.54. The van der Waals surface area contributed by atoms with Crippen LogP contribution < -0.4 is 0 Å². The molecule has 0 bridgehead atoms. The molecule has 0 saturated carbocycles. The molecule has 0 aliphatic rings. The number of hydrogen-bond donors (Lipinski definition) is 0. The lowest BCUT2D eigenvalue weighted by Crippen LogP contribution is -2.45. The third-order valence-corrected chi connectivity index (χ3v) is 14.5. The molecule has 1 atom stereocenters. The Bertz CT molecular complexity index is 517. The van der Waals surface area contributed by atoms with Crippen LogP contribution in [0.4, 0.5) is 0 Å². The summed E-state index contributed by atoms with van der Waals surface area (Å²) in [7, 11) is -3.80. The van der Waals surface area contributed by atoms with Crippen molar-refractivity contribution in [3.05, 3.63) is 0 Å². The molecule has 0 spiro atoms. The minimum Gasteiger partial charge on any atom is -0.456 e. The van der Waals surface area contributed by atoms with E-state index >= 15 is 0 Å². The maximum absolute atomic E-state index is 11.6. The van der Waals surface area contributed by atoms with E-state index in [1.165, 1.54) is 0 Å². The summed E-state index contributed by atoms with van der Waals surface area (Å²) in [5.41, 5.74) is 0. The van der Waals surface area contributed by atoms with Gasteiger partial charge in [0.2, 0.25) is 0 Å². The Morgan fingerprint density at radius 3 is 1.88 bits per heavy atom. The molecule has 6 heteroatoms. The number of esters is 1. The molecule has 0 aliphatic carbocycles. The first-order chi connectivity index (χ1) is 11.5. The van der Waals surface area contributed by atoms with E-state index in [4.69, 9.17) is 13.6 Å². The fraction of sp³-hybridized carbons (Fsp3) is 0.850. The Kier molecular flexibility index (Phi) is 9.31. The standard InChI is InChI=1S/C20H40O4Si2/c1-12-22-18(21)14-13-17(24-26(10,11)20(5,6)7)15-16-23-25(8,9)19(2,3)4/h17H,12,15-16H2,1-11H3. The van der Waals surface area contributed by atoms with Crippen molar-refractivity contribution in [3.8, 4) is 11.8 Å². The fourth-order valence-electron chi connectivity index (χ4n) is 1.64. The van der Waals surface area contributed by atoms with Crippen molar-refractivity contribution >= 4 is 22.6 Å². The molecule has 4 nitrogen and oxygen atoms in total. The zero-order chi connectivity index (χ0) is 20.8. The molecule has 0 aromatic rings. The highest BCUT2D eigenvalue weighted by atomic mass is 28.4. The van der Waals surface area contributed by atoms with Gasteiger partial charge in [0.15, 0.2) is 16.6 Å². The molecule has 0 N–H and O–H groups in total. The van der Waals surface area contributed by atoms with Gasteiger partial charge in [0.25, 0.3) is 0 Å². The summed E-state index contributed by atoms with van der Waals surface area (Å²) >= 11 is 0.